The Hall–Kier alpha value is -1.05. The maximum atomic E-state index is 11.3. The van der Waals surface area contributed by atoms with Gasteiger partial charge in [-0.15, -0.1) is 0 Å². The third kappa shape index (κ3) is 9.52. The molecule has 2 heteroatoms. The van der Waals surface area contributed by atoms with Gasteiger partial charge in [-0.25, -0.2) is 4.79 Å². The summed E-state index contributed by atoms with van der Waals surface area (Å²) in [5.41, 5.74) is 1.69. The van der Waals surface area contributed by atoms with E-state index in [1.807, 2.05) is 13.0 Å². The number of esters is 1. The zero-order valence-corrected chi connectivity index (χ0v) is 13.1. The largest absolute Gasteiger partial charge is 0.466 e. The fourth-order valence-electron chi connectivity index (χ4n) is 1.92. The van der Waals surface area contributed by atoms with Gasteiger partial charge in [0.1, 0.15) is 0 Å². The highest BCUT2D eigenvalue weighted by Crippen LogP contribution is 2.10. The Morgan fingerprint density at radius 2 is 1.58 bits per heavy atom. The Kier molecular flexibility index (Phi) is 11.3. The zero-order chi connectivity index (χ0) is 14.5. The molecule has 0 amide bonds. The molecule has 110 valence electrons. The molecular formula is C17H30O2. The normalized spacial score (nSPS) is 12.6. The Labute approximate surface area is 118 Å². The molecule has 0 rings (SSSR count). The maximum Gasteiger partial charge on any atom is 0.333 e. The van der Waals surface area contributed by atoms with Crippen molar-refractivity contribution >= 4 is 5.97 Å². The molecule has 0 spiro atoms. The Bertz CT molecular complexity index is 300. The van der Waals surface area contributed by atoms with Gasteiger partial charge in [-0.1, -0.05) is 57.6 Å². The summed E-state index contributed by atoms with van der Waals surface area (Å²) in [5.74, 6) is -0.238. The lowest BCUT2D eigenvalue weighted by molar-refractivity contribution is -0.136. The number of carbonyl (C=O) groups excluding carboxylic acids is 1. The lowest BCUT2D eigenvalue weighted by Crippen LogP contribution is -2.02. The monoisotopic (exact) mass is 266 g/mol. The van der Waals surface area contributed by atoms with Crippen LogP contribution >= 0.6 is 0 Å². The lowest BCUT2D eigenvalue weighted by atomic mass is 10.1. The van der Waals surface area contributed by atoms with Crippen LogP contribution in [0.2, 0.25) is 0 Å². The molecule has 0 atom stereocenters. The summed E-state index contributed by atoms with van der Waals surface area (Å²) in [6.07, 6.45) is 14.6. The van der Waals surface area contributed by atoms with Crippen molar-refractivity contribution in [3.8, 4) is 0 Å². The van der Waals surface area contributed by atoms with Crippen LogP contribution < -0.4 is 0 Å². The third-order valence-corrected chi connectivity index (χ3v) is 3.43. The van der Waals surface area contributed by atoms with E-state index in [9.17, 15) is 4.79 Å². The van der Waals surface area contributed by atoms with E-state index >= 15 is 0 Å². The number of rotatable bonds is 10. The van der Waals surface area contributed by atoms with Crippen LogP contribution in [0, 0.1) is 0 Å². The molecule has 0 N–H and O–H groups in total. The highest BCUT2D eigenvalue weighted by Gasteiger charge is 2.04. The van der Waals surface area contributed by atoms with Crippen molar-refractivity contribution < 1.29 is 9.53 Å². The van der Waals surface area contributed by atoms with E-state index in [1.165, 1.54) is 52.1 Å². The summed E-state index contributed by atoms with van der Waals surface area (Å²) in [5, 5.41) is 0. The molecule has 0 aromatic heterocycles. The van der Waals surface area contributed by atoms with Gasteiger partial charge in [0.15, 0.2) is 0 Å². The lowest BCUT2D eigenvalue weighted by Gasteiger charge is -2.01. The summed E-state index contributed by atoms with van der Waals surface area (Å²) >= 11 is 0. The van der Waals surface area contributed by atoms with Crippen LogP contribution in [0.25, 0.3) is 0 Å². The summed E-state index contributed by atoms with van der Waals surface area (Å²) in [6.45, 7) is 6.00. The highest BCUT2D eigenvalue weighted by molar-refractivity contribution is 5.88. The van der Waals surface area contributed by atoms with Gasteiger partial charge >= 0.3 is 5.97 Å². The fraction of sp³-hybridized carbons (Fsp3) is 0.706. The molecule has 0 saturated heterocycles. The van der Waals surface area contributed by atoms with E-state index in [4.69, 9.17) is 4.74 Å². The molecular weight excluding hydrogens is 236 g/mol. The molecule has 0 radical (unpaired) electrons. The number of carbonyl (C=O) groups is 1. The Balaban J connectivity index is 3.71. The number of ether oxygens (including phenoxy) is 1. The van der Waals surface area contributed by atoms with Gasteiger partial charge in [-0.2, -0.15) is 0 Å². The summed E-state index contributed by atoms with van der Waals surface area (Å²) in [6, 6.07) is 0. The molecule has 0 unspecified atom stereocenters. The number of methoxy groups -OCH3 is 1. The van der Waals surface area contributed by atoms with Crippen molar-refractivity contribution in [2.24, 2.45) is 0 Å². The Morgan fingerprint density at radius 1 is 1.00 bits per heavy atom. The third-order valence-electron chi connectivity index (χ3n) is 3.43. The molecule has 0 bridgehead atoms. The minimum Gasteiger partial charge on any atom is -0.466 e. The number of hydrogen-bond donors (Lipinski definition) is 0. The van der Waals surface area contributed by atoms with Gasteiger partial charge in [0, 0.05) is 5.57 Å². The van der Waals surface area contributed by atoms with E-state index in [1.54, 1.807) is 6.92 Å². The minimum atomic E-state index is -0.238. The Morgan fingerprint density at radius 3 is 2.16 bits per heavy atom. The summed E-state index contributed by atoms with van der Waals surface area (Å²) in [7, 11) is 1.42. The van der Waals surface area contributed by atoms with E-state index in [0.717, 1.165) is 12.0 Å². The molecule has 0 aromatic rings. The SMILES string of the molecule is CCCCCCCCCC=CC(C)=C(C)C(=O)OC. The van der Waals surface area contributed by atoms with E-state index in [-0.39, 0.29) is 5.97 Å². The number of hydrogen-bond acceptors (Lipinski definition) is 2. The van der Waals surface area contributed by atoms with Gasteiger partial charge in [0.25, 0.3) is 0 Å². The topological polar surface area (TPSA) is 26.3 Å². The first-order valence-corrected chi connectivity index (χ1v) is 7.55. The van der Waals surface area contributed by atoms with Crippen LogP contribution in [-0.2, 0) is 9.53 Å². The first-order chi connectivity index (χ1) is 9.13. The van der Waals surface area contributed by atoms with Crippen molar-refractivity contribution in [1.29, 1.82) is 0 Å². The predicted molar refractivity (Wildman–Crippen MR) is 82.1 cm³/mol. The fourth-order valence-corrected chi connectivity index (χ4v) is 1.92. The average molecular weight is 266 g/mol. The highest BCUT2D eigenvalue weighted by atomic mass is 16.5. The first kappa shape index (κ1) is 17.9. The zero-order valence-electron chi connectivity index (χ0n) is 13.1. The first-order valence-electron chi connectivity index (χ1n) is 7.55. The molecule has 0 saturated carbocycles. The van der Waals surface area contributed by atoms with Gasteiger partial charge in [0.2, 0.25) is 0 Å². The molecule has 19 heavy (non-hydrogen) atoms. The molecule has 0 aromatic carbocycles. The molecule has 0 aliphatic heterocycles. The van der Waals surface area contributed by atoms with Gasteiger partial charge in [-0.3, -0.25) is 0 Å². The average Bonchev–Trinajstić information content (AvgIpc) is 2.43. The second-order valence-corrected chi connectivity index (χ2v) is 5.11. The quantitative estimate of drug-likeness (QED) is 0.235. The number of allylic oxidation sites excluding steroid dienone is 3. The summed E-state index contributed by atoms with van der Waals surface area (Å²) < 4.78 is 4.69. The van der Waals surface area contributed by atoms with Crippen molar-refractivity contribution in [2.75, 3.05) is 7.11 Å². The predicted octanol–water partition coefficient (Wildman–Crippen LogP) is 5.19. The number of unbranched alkanes of at least 4 members (excludes halogenated alkanes) is 7. The van der Waals surface area contributed by atoms with Gasteiger partial charge < -0.3 is 4.74 Å². The maximum absolute atomic E-state index is 11.3. The molecule has 0 aliphatic carbocycles. The van der Waals surface area contributed by atoms with Gasteiger partial charge in [-0.05, 0) is 32.3 Å². The van der Waals surface area contributed by atoms with E-state index < -0.39 is 0 Å². The minimum absolute atomic E-state index is 0.238. The van der Waals surface area contributed by atoms with Crippen LogP contribution in [0.5, 0.6) is 0 Å². The van der Waals surface area contributed by atoms with Crippen molar-refractivity contribution in [1.82, 2.24) is 0 Å². The smallest absolute Gasteiger partial charge is 0.333 e. The van der Waals surface area contributed by atoms with Crippen molar-refractivity contribution in [2.45, 2.75) is 72.1 Å². The second-order valence-electron chi connectivity index (χ2n) is 5.11. The van der Waals surface area contributed by atoms with E-state index in [0.29, 0.717) is 5.57 Å². The standard InChI is InChI=1S/C17H30O2/c1-5-6-7-8-9-10-11-12-13-14-15(2)16(3)17(18)19-4/h13-14H,5-12H2,1-4H3. The van der Waals surface area contributed by atoms with Crippen LogP contribution in [0.4, 0.5) is 0 Å². The van der Waals surface area contributed by atoms with Gasteiger partial charge in [0.05, 0.1) is 7.11 Å². The van der Waals surface area contributed by atoms with Crippen LogP contribution in [0.3, 0.4) is 0 Å². The second kappa shape index (κ2) is 12.0. The van der Waals surface area contributed by atoms with Crippen LogP contribution in [0.1, 0.15) is 72.1 Å². The molecule has 2 nitrogen and oxygen atoms in total. The molecule has 0 fully saturated rings. The van der Waals surface area contributed by atoms with Crippen molar-refractivity contribution in [3.05, 3.63) is 23.3 Å². The molecule has 0 aliphatic rings. The van der Waals surface area contributed by atoms with Crippen LogP contribution in [-0.4, -0.2) is 13.1 Å². The molecule has 0 heterocycles. The summed E-state index contributed by atoms with van der Waals surface area (Å²) in [4.78, 5) is 11.3. The van der Waals surface area contributed by atoms with Crippen molar-refractivity contribution in [3.63, 3.8) is 0 Å². The van der Waals surface area contributed by atoms with E-state index in [2.05, 4.69) is 13.0 Å². The van der Waals surface area contributed by atoms with Crippen LogP contribution in [0.15, 0.2) is 23.3 Å².